The van der Waals surface area contributed by atoms with E-state index in [0.717, 1.165) is 6.08 Å². The first-order valence-corrected chi connectivity index (χ1v) is 6.86. The minimum Gasteiger partial charge on any atom is -0.497 e. The summed E-state index contributed by atoms with van der Waals surface area (Å²) in [4.78, 5) is 23.4. The molecule has 2 aromatic rings. The molecule has 4 nitrogen and oxygen atoms in total. The van der Waals surface area contributed by atoms with E-state index in [0.29, 0.717) is 16.9 Å². The fourth-order valence-corrected chi connectivity index (χ4v) is 1.82. The molecule has 0 fully saturated rings. The summed E-state index contributed by atoms with van der Waals surface area (Å²) >= 11 is 0. The zero-order valence-corrected chi connectivity index (χ0v) is 12.5. The van der Waals surface area contributed by atoms with E-state index in [-0.39, 0.29) is 12.4 Å². The zero-order chi connectivity index (χ0) is 16.7. The Labute approximate surface area is 133 Å². The molecule has 0 N–H and O–H groups in total. The van der Waals surface area contributed by atoms with Crippen LogP contribution in [0.1, 0.15) is 15.9 Å². The Hall–Kier alpha value is -2.95. The smallest absolute Gasteiger partial charge is 0.331 e. The second-order valence-electron chi connectivity index (χ2n) is 4.65. The van der Waals surface area contributed by atoms with Gasteiger partial charge in [0, 0.05) is 11.6 Å². The first kappa shape index (κ1) is 16.4. The summed E-state index contributed by atoms with van der Waals surface area (Å²) < 4.78 is 22.8. The van der Waals surface area contributed by atoms with Gasteiger partial charge in [-0.3, -0.25) is 4.79 Å². The van der Waals surface area contributed by atoms with Crippen molar-refractivity contribution in [2.24, 2.45) is 0 Å². The van der Waals surface area contributed by atoms with Crippen molar-refractivity contribution in [3.05, 3.63) is 71.6 Å². The van der Waals surface area contributed by atoms with Crippen LogP contribution in [0, 0.1) is 5.82 Å². The normalized spacial score (nSPS) is 10.5. The SMILES string of the molecule is COc1ccc(C(=O)COC(=O)/C=C/c2cccc(F)c2)cc1. The number of rotatable bonds is 6. The van der Waals surface area contributed by atoms with Crippen LogP contribution in [0.15, 0.2) is 54.6 Å². The number of ether oxygens (including phenoxy) is 2. The van der Waals surface area contributed by atoms with Crippen molar-refractivity contribution >= 4 is 17.8 Å². The minimum absolute atomic E-state index is 0.319. The molecule has 0 radical (unpaired) electrons. The lowest BCUT2D eigenvalue weighted by atomic mass is 10.1. The summed E-state index contributed by atoms with van der Waals surface area (Å²) in [6.45, 7) is -0.362. The second-order valence-corrected chi connectivity index (χ2v) is 4.65. The Morgan fingerprint density at radius 1 is 1.13 bits per heavy atom. The highest BCUT2D eigenvalue weighted by Gasteiger charge is 2.08. The van der Waals surface area contributed by atoms with Crippen LogP contribution in [0.2, 0.25) is 0 Å². The molecule has 0 amide bonds. The molecule has 2 rings (SSSR count). The molecule has 0 unspecified atom stereocenters. The topological polar surface area (TPSA) is 52.6 Å². The van der Waals surface area contributed by atoms with Crippen LogP contribution >= 0.6 is 0 Å². The maximum Gasteiger partial charge on any atom is 0.331 e. The molecule has 2 aromatic carbocycles. The van der Waals surface area contributed by atoms with Gasteiger partial charge in [0.05, 0.1) is 7.11 Å². The lowest BCUT2D eigenvalue weighted by Gasteiger charge is -2.03. The largest absolute Gasteiger partial charge is 0.497 e. The van der Waals surface area contributed by atoms with Gasteiger partial charge in [0.1, 0.15) is 11.6 Å². The van der Waals surface area contributed by atoms with Gasteiger partial charge >= 0.3 is 5.97 Å². The standard InChI is InChI=1S/C18H15FO4/c1-22-16-8-6-14(7-9-16)17(20)12-23-18(21)10-5-13-3-2-4-15(19)11-13/h2-11H,12H2,1H3/b10-5+. The fourth-order valence-electron chi connectivity index (χ4n) is 1.82. The number of methoxy groups -OCH3 is 1. The molecule has 0 saturated heterocycles. The molecule has 0 bridgehead atoms. The van der Waals surface area contributed by atoms with Gasteiger partial charge in [-0.1, -0.05) is 12.1 Å². The third-order valence-electron chi connectivity index (χ3n) is 3.02. The monoisotopic (exact) mass is 314 g/mol. The highest BCUT2D eigenvalue weighted by Crippen LogP contribution is 2.12. The van der Waals surface area contributed by atoms with Crippen molar-refractivity contribution < 1.29 is 23.5 Å². The van der Waals surface area contributed by atoms with Gasteiger partial charge in [-0.15, -0.1) is 0 Å². The Balaban J connectivity index is 1.87. The second kappa shape index (κ2) is 7.89. The molecule has 0 aliphatic rings. The Morgan fingerprint density at radius 2 is 1.87 bits per heavy atom. The first-order valence-electron chi connectivity index (χ1n) is 6.86. The van der Waals surface area contributed by atoms with Crippen molar-refractivity contribution in [1.82, 2.24) is 0 Å². The number of carbonyl (C=O) groups excluding carboxylic acids is 2. The third-order valence-corrected chi connectivity index (χ3v) is 3.02. The molecule has 0 aliphatic heterocycles. The summed E-state index contributed by atoms with van der Waals surface area (Å²) in [6.07, 6.45) is 2.57. The third kappa shape index (κ3) is 5.07. The van der Waals surface area contributed by atoms with Gasteiger partial charge in [-0.05, 0) is 48.0 Å². The van der Waals surface area contributed by atoms with E-state index in [9.17, 15) is 14.0 Å². The summed E-state index contributed by atoms with van der Waals surface area (Å²) in [6, 6.07) is 12.3. The number of ketones is 1. The van der Waals surface area contributed by atoms with Crippen LogP contribution in [0.5, 0.6) is 5.75 Å². The lowest BCUT2D eigenvalue weighted by Crippen LogP contribution is -2.12. The van der Waals surface area contributed by atoms with Crippen molar-refractivity contribution in [2.75, 3.05) is 13.7 Å². The highest BCUT2D eigenvalue weighted by atomic mass is 19.1. The van der Waals surface area contributed by atoms with Gasteiger partial charge in [0.25, 0.3) is 0 Å². The molecule has 0 atom stereocenters. The molecule has 0 aliphatic carbocycles. The molecule has 0 spiro atoms. The highest BCUT2D eigenvalue weighted by molar-refractivity contribution is 5.99. The van der Waals surface area contributed by atoms with Crippen molar-refractivity contribution in [3.63, 3.8) is 0 Å². The Kier molecular flexibility index (Phi) is 5.63. The number of esters is 1. The van der Waals surface area contributed by atoms with E-state index in [1.807, 2.05) is 0 Å². The van der Waals surface area contributed by atoms with Crippen molar-refractivity contribution in [3.8, 4) is 5.75 Å². The van der Waals surface area contributed by atoms with Crippen LogP contribution in [0.25, 0.3) is 6.08 Å². The lowest BCUT2D eigenvalue weighted by molar-refractivity contribution is -0.136. The molecule has 0 saturated carbocycles. The van der Waals surface area contributed by atoms with Crippen LogP contribution in [-0.4, -0.2) is 25.5 Å². The van der Waals surface area contributed by atoms with Crippen LogP contribution < -0.4 is 4.74 Å². The number of Topliss-reactive ketones (excluding diaryl/α,β-unsaturated/α-hetero) is 1. The summed E-state index contributed by atoms with van der Waals surface area (Å²) in [5.74, 6) is -0.747. The molecule has 0 heterocycles. The summed E-state index contributed by atoms with van der Waals surface area (Å²) in [5, 5.41) is 0. The molecule has 118 valence electrons. The van der Waals surface area contributed by atoms with Crippen LogP contribution in [0.4, 0.5) is 4.39 Å². The van der Waals surface area contributed by atoms with Crippen LogP contribution in [0.3, 0.4) is 0 Å². The Bertz CT molecular complexity index is 720. The summed E-state index contributed by atoms with van der Waals surface area (Å²) in [5.41, 5.74) is 0.955. The van der Waals surface area contributed by atoms with E-state index >= 15 is 0 Å². The maximum absolute atomic E-state index is 13.0. The van der Waals surface area contributed by atoms with Crippen molar-refractivity contribution in [1.29, 1.82) is 0 Å². The van der Waals surface area contributed by atoms with Gasteiger partial charge in [0.2, 0.25) is 0 Å². The molecule has 23 heavy (non-hydrogen) atoms. The minimum atomic E-state index is -0.670. The average molecular weight is 314 g/mol. The number of hydrogen-bond donors (Lipinski definition) is 0. The fraction of sp³-hybridized carbons (Fsp3) is 0.111. The summed E-state index contributed by atoms with van der Waals surface area (Å²) in [7, 11) is 1.53. The van der Waals surface area contributed by atoms with Crippen molar-refractivity contribution in [2.45, 2.75) is 0 Å². The number of carbonyl (C=O) groups is 2. The number of benzene rings is 2. The Morgan fingerprint density at radius 3 is 2.52 bits per heavy atom. The maximum atomic E-state index is 13.0. The predicted octanol–water partition coefficient (Wildman–Crippen LogP) is 3.27. The van der Waals surface area contributed by atoms with Gasteiger partial charge < -0.3 is 9.47 Å². The van der Waals surface area contributed by atoms with E-state index in [1.165, 1.54) is 31.4 Å². The van der Waals surface area contributed by atoms with E-state index in [4.69, 9.17) is 9.47 Å². The predicted molar refractivity (Wildman–Crippen MR) is 83.7 cm³/mol. The number of halogens is 1. The van der Waals surface area contributed by atoms with Gasteiger partial charge in [-0.25, -0.2) is 9.18 Å². The molecule has 5 heteroatoms. The van der Waals surface area contributed by atoms with Crippen LogP contribution in [-0.2, 0) is 9.53 Å². The van der Waals surface area contributed by atoms with E-state index < -0.39 is 11.8 Å². The van der Waals surface area contributed by atoms with Gasteiger partial charge in [0.15, 0.2) is 12.4 Å². The molecule has 0 aromatic heterocycles. The zero-order valence-electron chi connectivity index (χ0n) is 12.5. The first-order chi connectivity index (χ1) is 11.1. The van der Waals surface area contributed by atoms with E-state index in [1.54, 1.807) is 30.3 Å². The van der Waals surface area contributed by atoms with Gasteiger partial charge in [-0.2, -0.15) is 0 Å². The number of hydrogen-bond acceptors (Lipinski definition) is 4. The van der Waals surface area contributed by atoms with E-state index in [2.05, 4.69) is 0 Å². The quantitative estimate of drug-likeness (QED) is 0.466. The average Bonchev–Trinajstić information content (AvgIpc) is 2.58. The molecular formula is C18H15FO4. The molecular weight excluding hydrogens is 299 g/mol.